The lowest BCUT2D eigenvalue weighted by Crippen LogP contribution is -2.35. The molecule has 0 spiro atoms. The van der Waals surface area contributed by atoms with Gasteiger partial charge in [0.25, 0.3) is 0 Å². The van der Waals surface area contributed by atoms with Crippen LogP contribution in [-0.4, -0.2) is 48.6 Å². The number of benzene rings is 1. The molecule has 1 atom stereocenters. The zero-order valence-electron chi connectivity index (χ0n) is 12.6. The molecule has 3 heteroatoms. The van der Waals surface area contributed by atoms with E-state index in [4.69, 9.17) is 0 Å². The van der Waals surface area contributed by atoms with Gasteiger partial charge in [-0.05, 0) is 67.7 Å². The van der Waals surface area contributed by atoms with Crippen molar-refractivity contribution in [3.63, 3.8) is 0 Å². The molecular weight excluding hydrogens is 276 g/mol. The Morgan fingerprint density at radius 3 is 2.86 bits per heavy atom. The summed E-state index contributed by atoms with van der Waals surface area (Å²) >= 11 is 1.89. The standard InChI is InChI=1S/C18H24N2S/c1-2-6-18-17(5-1)15(14-21-18)7-11-19-12-8-16(13-19)20-9-3-4-10-20/h1-2,5-6,14,16H,3-4,7-13H2. The van der Waals surface area contributed by atoms with Crippen molar-refractivity contribution < 1.29 is 0 Å². The van der Waals surface area contributed by atoms with E-state index >= 15 is 0 Å². The summed E-state index contributed by atoms with van der Waals surface area (Å²) in [5.41, 5.74) is 1.54. The highest BCUT2D eigenvalue weighted by Crippen LogP contribution is 2.27. The first-order valence-electron chi connectivity index (χ1n) is 8.32. The maximum atomic E-state index is 2.72. The Labute approximate surface area is 131 Å². The molecule has 112 valence electrons. The van der Waals surface area contributed by atoms with Crippen molar-refractivity contribution in [2.75, 3.05) is 32.7 Å². The summed E-state index contributed by atoms with van der Waals surface area (Å²) in [4.78, 5) is 5.40. The maximum Gasteiger partial charge on any atom is 0.0345 e. The van der Waals surface area contributed by atoms with Gasteiger partial charge in [0.15, 0.2) is 0 Å². The lowest BCUT2D eigenvalue weighted by molar-refractivity contribution is 0.233. The largest absolute Gasteiger partial charge is 0.301 e. The minimum Gasteiger partial charge on any atom is -0.301 e. The number of likely N-dealkylation sites (tertiary alicyclic amines) is 2. The van der Waals surface area contributed by atoms with Gasteiger partial charge in [0.1, 0.15) is 0 Å². The van der Waals surface area contributed by atoms with Crippen LogP contribution in [0.3, 0.4) is 0 Å². The third kappa shape index (κ3) is 2.87. The number of hydrogen-bond donors (Lipinski definition) is 0. The fourth-order valence-corrected chi connectivity index (χ4v) is 4.92. The number of nitrogens with zero attached hydrogens (tertiary/aromatic N) is 2. The fourth-order valence-electron chi connectivity index (χ4n) is 3.93. The first kappa shape index (κ1) is 13.7. The summed E-state index contributed by atoms with van der Waals surface area (Å²) in [6.45, 7) is 6.50. The second kappa shape index (κ2) is 6.07. The molecule has 4 rings (SSSR count). The van der Waals surface area contributed by atoms with Crippen molar-refractivity contribution in [2.24, 2.45) is 0 Å². The van der Waals surface area contributed by atoms with Crippen molar-refractivity contribution in [3.05, 3.63) is 35.2 Å². The molecule has 1 aromatic heterocycles. The molecule has 0 amide bonds. The van der Waals surface area contributed by atoms with Crippen LogP contribution in [0.15, 0.2) is 29.6 Å². The number of rotatable bonds is 4. The number of thiophene rings is 1. The lowest BCUT2D eigenvalue weighted by atomic mass is 10.1. The highest BCUT2D eigenvalue weighted by atomic mass is 32.1. The van der Waals surface area contributed by atoms with Crippen LogP contribution in [0, 0.1) is 0 Å². The summed E-state index contributed by atoms with van der Waals surface area (Å²) in [5, 5.41) is 3.83. The summed E-state index contributed by atoms with van der Waals surface area (Å²) in [6, 6.07) is 9.66. The molecule has 2 fully saturated rings. The second-order valence-corrected chi connectivity index (χ2v) is 7.40. The Morgan fingerprint density at radius 2 is 1.95 bits per heavy atom. The van der Waals surface area contributed by atoms with E-state index < -0.39 is 0 Å². The van der Waals surface area contributed by atoms with Crippen molar-refractivity contribution in [3.8, 4) is 0 Å². The molecule has 0 aliphatic carbocycles. The van der Waals surface area contributed by atoms with E-state index in [-0.39, 0.29) is 0 Å². The van der Waals surface area contributed by atoms with E-state index in [1.165, 1.54) is 68.5 Å². The van der Waals surface area contributed by atoms with E-state index in [9.17, 15) is 0 Å². The molecular formula is C18H24N2S. The number of fused-ring (bicyclic) bond motifs is 1. The van der Waals surface area contributed by atoms with Gasteiger partial charge in [0, 0.05) is 23.8 Å². The maximum absolute atomic E-state index is 2.72. The Balaban J connectivity index is 1.35. The van der Waals surface area contributed by atoms with E-state index in [0.717, 1.165) is 6.04 Å². The van der Waals surface area contributed by atoms with Crippen LogP contribution in [0.25, 0.3) is 10.1 Å². The van der Waals surface area contributed by atoms with Crippen LogP contribution in [-0.2, 0) is 6.42 Å². The average molecular weight is 300 g/mol. The van der Waals surface area contributed by atoms with Gasteiger partial charge in [-0.2, -0.15) is 0 Å². The SMILES string of the molecule is c1ccc2c(CCN3CCC(N4CCCC4)C3)csc2c1. The molecule has 2 aliphatic rings. The Morgan fingerprint density at radius 1 is 1.10 bits per heavy atom. The van der Waals surface area contributed by atoms with Crippen molar-refractivity contribution in [1.82, 2.24) is 9.80 Å². The molecule has 1 aromatic carbocycles. The predicted octanol–water partition coefficient (Wildman–Crippen LogP) is 3.61. The normalized spacial score (nSPS) is 24.3. The average Bonchev–Trinajstić information content (AvgIpc) is 3.25. The third-order valence-corrected chi connectivity index (χ3v) is 6.18. The van der Waals surface area contributed by atoms with E-state index in [2.05, 4.69) is 39.4 Å². The van der Waals surface area contributed by atoms with Crippen LogP contribution in [0.2, 0.25) is 0 Å². The predicted molar refractivity (Wildman–Crippen MR) is 91.2 cm³/mol. The molecule has 0 saturated carbocycles. The highest BCUT2D eigenvalue weighted by molar-refractivity contribution is 7.17. The highest BCUT2D eigenvalue weighted by Gasteiger charge is 2.28. The van der Waals surface area contributed by atoms with Crippen LogP contribution in [0.5, 0.6) is 0 Å². The Kier molecular flexibility index (Phi) is 3.97. The molecule has 2 aliphatic heterocycles. The zero-order valence-corrected chi connectivity index (χ0v) is 13.4. The van der Waals surface area contributed by atoms with Gasteiger partial charge < -0.3 is 4.90 Å². The Bertz CT molecular complexity index is 600. The summed E-state index contributed by atoms with van der Waals surface area (Å²) in [5.74, 6) is 0. The minimum absolute atomic E-state index is 0.840. The van der Waals surface area contributed by atoms with Gasteiger partial charge in [-0.25, -0.2) is 0 Å². The van der Waals surface area contributed by atoms with E-state index in [0.29, 0.717) is 0 Å². The first-order chi connectivity index (χ1) is 10.4. The topological polar surface area (TPSA) is 6.48 Å². The molecule has 2 saturated heterocycles. The third-order valence-electron chi connectivity index (χ3n) is 5.16. The van der Waals surface area contributed by atoms with E-state index in [1.807, 2.05) is 11.3 Å². The van der Waals surface area contributed by atoms with Gasteiger partial charge in [-0.1, -0.05) is 18.2 Å². The monoisotopic (exact) mass is 300 g/mol. The second-order valence-electron chi connectivity index (χ2n) is 6.49. The summed E-state index contributed by atoms with van der Waals surface area (Å²) in [6.07, 6.45) is 5.41. The quantitative estimate of drug-likeness (QED) is 0.851. The van der Waals surface area contributed by atoms with Gasteiger partial charge in [-0.3, -0.25) is 4.90 Å². The first-order valence-corrected chi connectivity index (χ1v) is 9.19. The van der Waals surface area contributed by atoms with E-state index in [1.54, 1.807) is 5.56 Å². The smallest absolute Gasteiger partial charge is 0.0345 e. The zero-order chi connectivity index (χ0) is 14.1. The van der Waals surface area contributed by atoms with Gasteiger partial charge in [-0.15, -0.1) is 11.3 Å². The summed E-state index contributed by atoms with van der Waals surface area (Å²) in [7, 11) is 0. The van der Waals surface area contributed by atoms with Gasteiger partial charge >= 0.3 is 0 Å². The molecule has 0 bridgehead atoms. The molecule has 0 N–H and O–H groups in total. The molecule has 1 unspecified atom stereocenters. The number of hydrogen-bond acceptors (Lipinski definition) is 3. The molecule has 21 heavy (non-hydrogen) atoms. The molecule has 2 aromatic rings. The molecule has 3 heterocycles. The van der Waals surface area contributed by atoms with Crippen LogP contribution in [0.1, 0.15) is 24.8 Å². The minimum atomic E-state index is 0.840. The van der Waals surface area contributed by atoms with Crippen LogP contribution in [0.4, 0.5) is 0 Å². The van der Waals surface area contributed by atoms with Crippen molar-refractivity contribution >= 4 is 21.4 Å². The van der Waals surface area contributed by atoms with Crippen molar-refractivity contribution in [2.45, 2.75) is 31.7 Å². The van der Waals surface area contributed by atoms with Crippen molar-refractivity contribution in [1.29, 1.82) is 0 Å². The van der Waals surface area contributed by atoms with Gasteiger partial charge in [0.2, 0.25) is 0 Å². The molecule has 2 nitrogen and oxygen atoms in total. The fraction of sp³-hybridized carbons (Fsp3) is 0.556. The van der Waals surface area contributed by atoms with Crippen LogP contribution < -0.4 is 0 Å². The summed E-state index contributed by atoms with van der Waals surface area (Å²) < 4.78 is 1.43. The van der Waals surface area contributed by atoms with Crippen LogP contribution >= 0.6 is 11.3 Å². The lowest BCUT2D eigenvalue weighted by Gasteiger charge is -2.23. The molecule has 0 radical (unpaired) electrons. The van der Waals surface area contributed by atoms with Gasteiger partial charge in [0.05, 0.1) is 0 Å². The Hall–Kier alpha value is -0.900.